The van der Waals surface area contributed by atoms with Crippen LogP contribution in [0.1, 0.15) is 0 Å². The van der Waals surface area contributed by atoms with Crippen molar-refractivity contribution >= 4 is 34.1 Å². The molecule has 5 nitrogen and oxygen atoms in total. The average molecular weight is 322 g/mol. The molecule has 0 aliphatic heterocycles. The van der Waals surface area contributed by atoms with E-state index < -0.39 is 0 Å². The van der Waals surface area contributed by atoms with Gasteiger partial charge in [0.2, 0.25) is 0 Å². The standard InChI is InChI=1S/C17H12ClN5/c18-11-4-3-5-12(8-11)22-16-13-9-15(14-6-1-2-7-19-14)23-17(13)21-10-20-16/h1-10H,(H2,20,21,22,23). The third-order valence-corrected chi connectivity index (χ3v) is 3.69. The molecule has 0 radical (unpaired) electrons. The lowest BCUT2D eigenvalue weighted by molar-refractivity contribution is 1.19. The van der Waals surface area contributed by atoms with Crippen LogP contribution in [-0.2, 0) is 0 Å². The third kappa shape index (κ3) is 2.74. The molecule has 3 aromatic heterocycles. The van der Waals surface area contributed by atoms with Crippen LogP contribution in [0, 0.1) is 0 Å². The summed E-state index contributed by atoms with van der Waals surface area (Å²) >= 11 is 6.03. The summed E-state index contributed by atoms with van der Waals surface area (Å²) < 4.78 is 0. The Bertz CT molecular complexity index is 965. The van der Waals surface area contributed by atoms with Gasteiger partial charge in [-0.05, 0) is 36.4 Å². The molecule has 0 spiro atoms. The minimum atomic E-state index is 0.670. The van der Waals surface area contributed by atoms with Crippen molar-refractivity contribution in [2.75, 3.05) is 5.32 Å². The number of H-pyrrole nitrogens is 1. The van der Waals surface area contributed by atoms with E-state index in [9.17, 15) is 0 Å². The van der Waals surface area contributed by atoms with E-state index in [0.29, 0.717) is 5.02 Å². The second-order valence-corrected chi connectivity index (χ2v) is 5.45. The molecular formula is C17H12ClN5. The van der Waals surface area contributed by atoms with Gasteiger partial charge in [-0.15, -0.1) is 0 Å². The number of anilines is 2. The van der Waals surface area contributed by atoms with Gasteiger partial charge in [0.05, 0.1) is 16.8 Å². The molecule has 6 heteroatoms. The maximum absolute atomic E-state index is 6.03. The van der Waals surface area contributed by atoms with Gasteiger partial charge >= 0.3 is 0 Å². The zero-order valence-electron chi connectivity index (χ0n) is 12.0. The molecular weight excluding hydrogens is 310 g/mol. The van der Waals surface area contributed by atoms with Crippen LogP contribution >= 0.6 is 11.6 Å². The first-order valence-electron chi connectivity index (χ1n) is 7.07. The van der Waals surface area contributed by atoms with Crippen molar-refractivity contribution in [2.45, 2.75) is 0 Å². The minimum absolute atomic E-state index is 0.670. The van der Waals surface area contributed by atoms with E-state index in [1.165, 1.54) is 6.33 Å². The van der Waals surface area contributed by atoms with Crippen LogP contribution in [0.25, 0.3) is 22.4 Å². The summed E-state index contributed by atoms with van der Waals surface area (Å²) in [5, 5.41) is 4.84. The Labute approximate surface area is 137 Å². The Kier molecular flexibility index (Phi) is 3.40. The number of nitrogens with zero attached hydrogens (tertiary/aromatic N) is 3. The smallest absolute Gasteiger partial charge is 0.143 e. The number of halogens is 1. The van der Waals surface area contributed by atoms with Crippen LogP contribution in [0.2, 0.25) is 5.02 Å². The highest BCUT2D eigenvalue weighted by Crippen LogP contribution is 2.28. The Balaban J connectivity index is 1.77. The Morgan fingerprint density at radius 3 is 2.74 bits per heavy atom. The van der Waals surface area contributed by atoms with Crippen molar-refractivity contribution in [3.05, 3.63) is 66.1 Å². The van der Waals surface area contributed by atoms with Crippen LogP contribution in [0.5, 0.6) is 0 Å². The maximum atomic E-state index is 6.03. The fraction of sp³-hybridized carbons (Fsp3) is 0. The van der Waals surface area contributed by atoms with Crippen molar-refractivity contribution in [1.82, 2.24) is 19.9 Å². The van der Waals surface area contributed by atoms with Gasteiger partial charge in [-0.3, -0.25) is 4.98 Å². The van der Waals surface area contributed by atoms with Gasteiger partial charge in [0, 0.05) is 16.9 Å². The van der Waals surface area contributed by atoms with Crippen LogP contribution in [0.3, 0.4) is 0 Å². The summed E-state index contributed by atoms with van der Waals surface area (Å²) in [5.74, 6) is 0.718. The number of hydrogen-bond donors (Lipinski definition) is 2. The number of hydrogen-bond acceptors (Lipinski definition) is 4. The largest absolute Gasteiger partial charge is 0.340 e. The van der Waals surface area contributed by atoms with Crippen molar-refractivity contribution in [2.24, 2.45) is 0 Å². The molecule has 0 amide bonds. The van der Waals surface area contributed by atoms with E-state index in [2.05, 4.69) is 25.3 Å². The fourth-order valence-corrected chi connectivity index (χ4v) is 2.59. The van der Waals surface area contributed by atoms with E-state index in [1.807, 2.05) is 48.5 Å². The predicted molar refractivity (Wildman–Crippen MR) is 91.9 cm³/mol. The number of pyridine rings is 1. The average Bonchev–Trinajstić information content (AvgIpc) is 3.01. The SMILES string of the molecule is Clc1cccc(Nc2ncnc3[nH]c(-c4ccccn4)cc23)c1. The van der Waals surface area contributed by atoms with E-state index in [1.54, 1.807) is 6.20 Å². The minimum Gasteiger partial charge on any atom is -0.340 e. The molecule has 0 saturated heterocycles. The lowest BCUT2D eigenvalue weighted by atomic mass is 10.2. The Hall–Kier alpha value is -2.92. The molecule has 2 N–H and O–H groups in total. The van der Waals surface area contributed by atoms with Crippen LogP contribution < -0.4 is 5.32 Å². The van der Waals surface area contributed by atoms with Crippen LogP contribution in [0.4, 0.5) is 11.5 Å². The van der Waals surface area contributed by atoms with E-state index in [-0.39, 0.29) is 0 Å². The molecule has 0 atom stereocenters. The first kappa shape index (κ1) is 13.7. The van der Waals surface area contributed by atoms with Gasteiger partial charge in [0.15, 0.2) is 0 Å². The summed E-state index contributed by atoms with van der Waals surface area (Å²) in [7, 11) is 0. The number of nitrogens with one attached hydrogen (secondary N) is 2. The lowest BCUT2D eigenvalue weighted by Crippen LogP contribution is -1.94. The highest BCUT2D eigenvalue weighted by Gasteiger charge is 2.10. The van der Waals surface area contributed by atoms with Crippen molar-refractivity contribution in [3.63, 3.8) is 0 Å². The van der Waals surface area contributed by atoms with Gasteiger partial charge in [-0.2, -0.15) is 0 Å². The van der Waals surface area contributed by atoms with Gasteiger partial charge in [-0.1, -0.05) is 23.7 Å². The van der Waals surface area contributed by atoms with Gasteiger partial charge in [0.25, 0.3) is 0 Å². The molecule has 0 saturated carbocycles. The molecule has 4 aromatic rings. The van der Waals surface area contributed by atoms with Crippen LogP contribution in [0.15, 0.2) is 61.1 Å². The number of rotatable bonds is 3. The third-order valence-electron chi connectivity index (χ3n) is 3.45. The summed E-state index contributed by atoms with van der Waals surface area (Å²) in [6.07, 6.45) is 3.28. The second-order valence-electron chi connectivity index (χ2n) is 5.02. The zero-order valence-corrected chi connectivity index (χ0v) is 12.7. The summed E-state index contributed by atoms with van der Waals surface area (Å²) in [6, 6.07) is 15.3. The van der Waals surface area contributed by atoms with Crippen molar-refractivity contribution in [3.8, 4) is 11.4 Å². The Morgan fingerprint density at radius 1 is 0.957 bits per heavy atom. The molecule has 0 bridgehead atoms. The molecule has 112 valence electrons. The van der Waals surface area contributed by atoms with Crippen LogP contribution in [-0.4, -0.2) is 19.9 Å². The quantitative estimate of drug-likeness (QED) is 0.586. The number of aromatic nitrogens is 4. The molecule has 1 aromatic carbocycles. The van der Waals surface area contributed by atoms with E-state index in [0.717, 1.165) is 33.9 Å². The monoisotopic (exact) mass is 321 g/mol. The predicted octanol–water partition coefficient (Wildman–Crippen LogP) is 4.42. The molecule has 23 heavy (non-hydrogen) atoms. The van der Waals surface area contributed by atoms with Crippen molar-refractivity contribution < 1.29 is 0 Å². The van der Waals surface area contributed by atoms with E-state index in [4.69, 9.17) is 11.6 Å². The van der Waals surface area contributed by atoms with E-state index >= 15 is 0 Å². The van der Waals surface area contributed by atoms with Gasteiger partial charge < -0.3 is 10.3 Å². The molecule has 0 aliphatic rings. The highest BCUT2D eigenvalue weighted by atomic mass is 35.5. The Morgan fingerprint density at radius 2 is 1.91 bits per heavy atom. The maximum Gasteiger partial charge on any atom is 0.143 e. The van der Waals surface area contributed by atoms with Crippen molar-refractivity contribution in [1.29, 1.82) is 0 Å². The molecule has 4 rings (SSSR count). The normalized spacial score (nSPS) is 10.8. The summed E-state index contributed by atoms with van der Waals surface area (Å²) in [5.41, 5.74) is 3.39. The molecule has 0 fully saturated rings. The molecule has 0 aliphatic carbocycles. The molecule has 0 unspecified atom stereocenters. The number of fused-ring (bicyclic) bond motifs is 1. The second kappa shape index (κ2) is 5.70. The zero-order chi connectivity index (χ0) is 15.6. The summed E-state index contributed by atoms with van der Waals surface area (Å²) in [6.45, 7) is 0. The lowest BCUT2D eigenvalue weighted by Gasteiger charge is -2.06. The highest BCUT2D eigenvalue weighted by molar-refractivity contribution is 6.30. The molecule has 3 heterocycles. The fourth-order valence-electron chi connectivity index (χ4n) is 2.40. The van der Waals surface area contributed by atoms with Gasteiger partial charge in [-0.25, -0.2) is 9.97 Å². The topological polar surface area (TPSA) is 66.5 Å². The number of aromatic amines is 1. The summed E-state index contributed by atoms with van der Waals surface area (Å²) in [4.78, 5) is 16.2. The number of benzene rings is 1. The first-order chi connectivity index (χ1) is 11.3. The first-order valence-corrected chi connectivity index (χ1v) is 7.45. The van der Waals surface area contributed by atoms with Gasteiger partial charge in [0.1, 0.15) is 17.8 Å².